The topological polar surface area (TPSA) is 99.3 Å². The number of carbonyl (C=O) groups is 1. The molecule has 184 valence electrons. The number of aromatic nitrogens is 7. The van der Waals surface area contributed by atoms with Gasteiger partial charge in [0.2, 0.25) is 11.7 Å². The molecule has 6 heterocycles. The van der Waals surface area contributed by atoms with Crippen molar-refractivity contribution in [3.05, 3.63) is 77.3 Å². The highest BCUT2D eigenvalue weighted by Gasteiger charge is 2.40. The van der Waals surface area contributed by atoms with Gasteiger partial charge in [-0.2, -0.15) is 9.89 Å². The molecule has 12 heteroatoms. The molecule has 36 heavy (non-hydrogen) atoms. The third kappa shape index (κ3) is 3.32. The van der Waals surface area contributed by atoms with E-state index in [1.807, 2.05) is 25.1 Å². The van der Waals surface area contributed by atoms with Crippen LogP contribution in [0.4, 0.5) is 8.87 Å². The van der Waals surface area contributed by atoms with Gasteiger partial charge in [0.1, 0.15) is 29.9 Å². The monoisotopic (exact) mass is 492 g/mol. The maximum atomic E-state index is 14.6. The van der Waals surface area contributed by atoms with Crippen LogP contribution in [-0.2, 0) is 13.5 Å². The zero-order valence-corrected chi connectivity index (χ0v) is 19.8. The van der Waals surface area contributed by atoms with E-state index >= 15 is 0 Å². The zero-order chi connectivity index (χ0) is 25.1. The minimum atomic E-state index is -1.56. The maximum Gasteiger partial charge on any atom is 0.292 e. The number of hydrogen-bond acceptors (Lipinski definition) is 6. The lowest BCUT2D eigenvalue weighted by Gasteiger charge is -2.33. The lowest BCUT2D eigenvalue weighted by molar-refractivity contribution is 0.0647. The van der Waals surface area contributed by atoms with Gasteiger partial charge in [0, 0.05) is 26.2 Å². The number of nitrogens with zero attached hydrogens (tertiary/aromatic N) is 8. The summed E-state index contributed by atoms with van der Waals surface area (Å²) in [7, 11) is 1.74. The van der Waals surface area contributed by atoms with Gasteiger partial charge in [0.15, 0.2) is 0 Å². The second kappa shape index (κ2) is 8.11. The summed E-state index contributed by atoms with van der Waals surface area (Å²) in [5.74, 6) is -0.703. The Kier molecular flexibility index (Phi) is 4.99. The quantitative estimate of drug-likeness (QED) is 0.379. The Morgan fingerprint density at radius 1 is 1.31 bits per heavy atom. The van der Waals surface area contributed by atoms with Crippen LogP contribution in [0.2, 0.25) is 0 Å². The van der Waals surface area contributed by atoms with Crippen molar-refractivity contribution in [2.75, 3.05) is 6.54 Å². The summed E-state index contributed by atoms with van der Waals surface area (Å²) >= 11 is 0. The van der Waals surface area contributed by atoms with Crippen LogP contribution in [0.5, 0.6) is 0 Å². The molecule has 5 aromatic rings. The van der Waals surface area contributed by atoms with Gasteiger partial charge in [-0.3, -0.25) is 4.79 Å². The predicted octanol–water partition coefficient (Wildman–Crippen LogP) is 3.78. The van der Waals surface area contributed by atoms with E-state index in [-0.39, 0.29) is 30.3 Å². The van der Waals surface area contributed by atoms with Crippen LogP contribution in [0, 0.1) is 6.92 Å². The number of amides is 1. The molecule has 0 radical (unpaired) electrons. The van der Waals surface area contributed by atoms with Gasteiger partial charge in [-0.1, -0.05) is 10.5 Å². The summed E-state index contributed by atoms with van der Waals surface area (Å²) in [5, 5.41) is 4.67. The summed E-state index contributed by atoms with van der Waals surface area (Å²) in [4.78, 5) is 28.4. The fourth-order valence-corrected chi connectivity index (χ4v) is 4.72. The number of hydrogen-bond donors (Lipinski definition) is 0. The molecule has 0 aliphatic carbocycles. The second-order valence-corrected chi connectivity index (χ2v) is 8.87. The molecule has 0 saturated heterocycles. The Balaban J connectivity index is 1.48. The smallest absolute Gasteiger partial charge is 0.292 e. The van der Waals surface area contributed by atoms with Gasteiger partial charge < -0.3 is 13.9 Å². The Morgan fingerprint density at radius 2 is 2.14 bits per heavy atom. The number of rotatable bonds is 4. The first-order chi connectivity index (χ1) is 17.3. The summed E-state index contributed by atoms with van der Waals surface area (Å²) in [5.41, 5.74) is 3.49. The molecule has 0 N–H and O–H groups in total. The van der Waals surface area contributed by atoms with Crippen LogP contribution in [0.3, 0.4) is 0 Å². The van der Waals surface area contributed by atoms with Gasteiger partial charge in [-0.15, -0.1) is 0 Å². The predicted molar refractivity (Wildman–Crippen MR) is 123 cm³/mol. The summed E-state index contributed by atoms with van der Waals surface area (Å²) < 4.78 is 38.3. The van der Waals surface area contributed by atoms with Crippen LogP contribution in [0.15, 0.2) is 47.7 Å². The minimum Gasteiger partial charge on any atom is -0.429 e. The molecule has 6 rings (SSSR count). The third-order valence-corrected chi connectivity index (χ3v) is 6.55. The average molecular weight is 492 g/mol. The zero-order valence-electron chi connectivity index (χ0n) is 19.8. The van der Waals surface area contributed by atoms with Crippen molar-refractivity contribution >= 4 is 11.4 Å². The SMILES string of the molecule is Cc1cccn2nc([C@@H]3c4ncn(F)c4CCN3C(=O)c3oc(-c4cncn4C)nc3C(C)F)cc12. The number of alkyl halides is 1. The van der Waals surface area contributed by atoms with Gasteiger partial charge in [-0.05, 0) is 31.5 Å². The molecule has 0 spiro atoms. The van der Waals surface area contributed by atoms with E-state index in [0.29, 0.717) is 27.6 Å². The first-order valence-electron chi connectivity index (χ1n) is 11.4. The number of pyridine rings is 1. The van der Waals surface area contributed by atoms with Crippen molar-refractivity contribution in [3.63, 3.8) is 0 Å². The molecular weight excluding hydrogens is 470 g/mol. The van der Waals surface area contributed by atoms with E-state index in [1.54, 1.807) is 28.7 Å². The first kappa shape index (κ1) is 22.1. The molecule has 1 amide bonds. The molecule has 1 unspecified atom stereocenters. The van der Waals surface area contributed by atoms with Crippen LogP contribution in [0.25, 0.3) is 17.1 Å². The van der Waals surface area contributed by atoms with Gasteiger partial charge in [0.25, 0.3) is 5.91 Å². The fourth-order valence-electron chi connectivity index (χ4n) is 4.72. The Morgan fingerprint density at radius 3 is 2.86 bits per heavy atom. The third-order valence-electron chi connectivity index (χ3n) is 6.55. The summed E-state index contributed by atoms with van der Waals surface area (Å²) in [6.45, 7) is 3.40. The first-order valence-corrected chi connectivity index (χ1v) is 11.4. The van der Waals surface area contributed by atoms with Crippen molar-refractivity contribution in [2.45, 2.75) is 32.5 Å². The van der Waals surface area contributed by atoms with E-state index in [9.17, 15) is 13.7 Å². The highest BCUT2D eigenvalue weighted by atomic mass is 19.2. The largest absolute Gasteiger partial charge is 0.429 e. The van der Waals surface area contributed by atoms with Crippen molar-refractivity contribution in [3.8, 4) is 11.6 Å². The minimum absolute atomic E-state index is 0.0866. The molecule has 1 aliphatic rings. The Hall–Kier alpha value is -4.35. The molecule has 0 aromatic carbocycles. The van der Waals surface area contributed by atoms with E-state index in [2.05, 4.69) is 20.1 Å². The normalized spacial score (nSPS) is 16.5. The molecule has 5 aromatic heterocycles. The van der Waals surface area contributed by atoms with E-state index in [0.717, 1.165) is 17.4 Å². The second-order valence-electron chi connectivity index (χ2n) is 8.87. The van der Waals surface area contributed by atoms with Crippen LogP contribution in [-0.4, -0.2) is 51.3 Å². The average Bonchev–Trinajstić information content (AvgIpc) is 3.64. The highest BCUT2D eigenvalue weighted by Crippen LogP contribution is 2.37. The van der Waals surface area contributed by atoms with Crippen molar-refractivity contribution in [1.29, 1.82) is 0 Å². The number of carbonyl (C=O) groups excluding carboxylic acids is 1. The lowest BCUT2D eigenvalue weighted by atomic mass is 9.99. The Bertz CT molecular complexity index is 1610. The molecule has 0 fully saturated rings. The number of halogens is 2. The van der Waals surface area contributed by atoms with Crippen molar-refractivity contribution in [1.82, 2.24) is 38.8 Å². The molecule has 0 bridgehead atoms. The number of aryl methyl sites for hydroxylation is 2. The van der Waals surface area contributed by atoms with Crippen LogP contribution in [0.1, 0.15) is 58.0 Å². The molecule has 10 nitrogen and oxygen atoms in total. The molecular formula is C24H22F2N8O2. The van der Waals surface area contributed by atoms with Crippen molar-refractivity contribution in [2.24, 2.45) is 7.05 Å². The van der Waals surface area contributed by atoms with Gasteiger partial charge in [-0.25, -0.2) is 23.9 Å². The maximum absolute atomic E-state index is 14.6. The van der Waals surface area contributed by atoms with Crippen LogP contribution < -0.4 is 0 Å². The lowest BCUT2D eigenvalue weighted by Crippen LogP contribution is -2.41. The van der Waals surface area contributed by atoms with Gasteiger partial charge in [0.05, 0.1) is 35.1 Å². The van der Waals surface area contributed by atoms with Gasteiger partial charge >= 0.3 is 0 Å². The fraction of sp³-hybridized carbons (Fsp3) is 0.292. The Labute approximate surface area is 203 Å². The standard InChI is InChI=1S/C24H22F2N8O2/c1-13-5-4-7-34-17(13)9-15(30-34)21-20-16(33(26)12-28-20)6-8-32(21)24(35)22-19(14(2)25)29-23(36-22)18-10-27-11-31(18)3/h4-5,7,9-12,14,21H,6,8H2,1-3H3/t14?,21-/m1/s1. The van der Waals surface area contributed by atoms with Crippen LogP contribution >= 0.6 is 0 Å². The van der Waals surface area contributed by atoms with E-state index in [1.165, 1.54) is 18.0 Å². The van der Waals surface area contributed by atoms with E-state index in [4.69, 9.17) is 4.42 Å². The molecule has 1 aliphatic heterocycles. The molecule has 2 atom stereocenters. The summed E-state index contributed by atoms with van der Waals surface area (Å²) in [6, 6.07) is 4.88. The summed E-state index contributed by atoms with van der Waals surface area (Å²) in [6.07, 6.45) is 4.63. The van der Waals surface area contributed by atoms with Crippen molar-refractivity contribution < 1.29 is 18.1 Å². The van der Waals surface area contributed by atoms with E-state index < -0.39 is 18.1 Å². The highest BCUT2D eigenvalue weighted by molar-refractivity contribution is 5.94. The number of oxazole rings is 1. The molecule has 0 saturated carbocycles. The number of fused-ring (bicyclic) bond motifs is 2. The number of imidazole rings is 2.